The van der Waals surface area contributed by atoms with Gasteiger partial charge in [-0.3, -0.25) is 9.59 Å². The first-order valence-electron chi connectivity index (χ1n) is 9.29. The molecule has 0 spiro atoms. The highest BCUT2D eigenvalue weighted by molar-refractivity contribution is 5.82. The van der Waals surface area contributed by atoms with Crippen molar-refractivity contribution < 1.29 is 32.2 Å². The topological polar surface area (TPSA) is 59.1 Å². The number of carbonyl (C=O) groups excluding carboxylic acids is 2. The molecule has 2 saturated heterocycles. The lowest BCUT2D eigenvalue weighted by Gasteiger charge is -2.36. The Kier molecular flexibility index (Phi) is 6.43. The molecule has 0 aliphatic carbocycles. The molecular weight excluding hydrogens is 377 g/mol. The summed E-state index contributed by atoms with van der Waals surface area (Å²) in [5.41, 5.74) is -0.772. The molecular formula is C19H23F3N2O4. The van der Waals surface area contributed by atoms with Crippen LogP contribution in [-0.2, 0) is 20.5 Å². The Morgan fingerprint density at radius 3 is 2.39 bits per heavy atom. The van der Waals surface area contributed by atoms with Crippen LogP contribution in [0, 0.1) is 5.92 Å². The Morgan fingerprint density at radius 1 is 1.07 bits per heavy atom. The van der Waals surface area contributed by atoms with Crippen LogP contribution in [0.2, 0.25) is 0 Å². The maximum atomic E-state index is 12.6. The van der Waals surface area contributed by atoms with Crippen LogP contribution in [0.15, 0.2) is 24.3 Å². The van der Waals surface area contributed by atoms with Crippen molar-refractivity contribution in [3.63, 3.8) is 0 Å². The molecule has 1 unspecified atom stereocenters. The van der Waals surface area contributed by atoms with E-state index < -0.39 is 11.7 Å². The maximum Gasteiger partial charge on any atom is 0.416 e. The van der Waals surface area contributed by atoms with E-state index in [-0.39, 0.29) is 30.1 Å². The zero-order valence-electron chi connectivity index (χ0n) is 15.4. The summed E-state index contributed by atoms with van der Waals surface area (Å²) in [7, 11) is 0. The van der Waals surface area contributed by atoms with Crippen LogP contribution in [0.1, 0.15) is 18.4 Å². The monoisotopic (exact) mass is 400 g/mol. The molecule has 2 heterocycles. The second kappa shape index (κ2) is 8.81. The van der Waals surface area contributed by atoms with E-state index in [2.05, 4.69) is 0 Å². The van der Waals surface area contributed by atoms with Crippen molar-refractivity contribution in [2.45, 2.75) is 19.0 Å². The number of likely N-dealkylation sites (tertiary alicyclic amines) is 1. The smallest absolute Gasteiger partial charge is 0.416 e. The molecule has 2 aliphatic rings. The fourth-order valence-corrected chi connectivity index (χ4v) is 3.42. The van der Waals surface area contributed by atoms with Gasteiger partial charge in [0.2, 0.25) is 5.91 Å². The maximum absolute atomic E-state index is 12.6. The van der Waals surface area contributed by atoms with Gasteiger partial charge in [0, 0.05) is 26.2 Å². The quantitative estimate of drug-likeness (QED) is 0.778. The Morgan fingerprint density at radius 2 is 1.75 bits per heavy atom. The molecule has 3 rings (SSSR count). The number of alkyl halides is 3. The highest BCUT2D eigenvalue weighted by atomic mass is 19.4. The number of benzene rings is 1. The fourth-order valence-electron chi connectivity index (χ4n) is 3.42. The fraction of sp³-hybridized carbons (Fsp3) is 0.579. The molecule has 6 nitrogen and oxygen atoms in total. The van der Waals surface area contributed by atoms with Crippen molar-refractivity contribution in [3.05, 3.63) is 29.8 Å². The predicted molar refractivity (Wildman–Crippen MR) is 93.6 cm³/mol. The molecule has 1 atom stereocenters. The van der Waals surface area contributed by atoms with E-state index in [4.69, 9.17) is 9.47 Å². The van der Waals surface area contributed by atoms with Crippen LogP contribution >= 0.6 is 0 Å². The lowest BCUT2D eigenvalue weighted by molar-refractivity contribution is -0.144. The molecule has 2 aliphatic heterocycles. The van der Waals surface area contributed by atoms with Gasteiger partial charge in [-0.15, -0.1) is 0 Å². The minimum absolute atomic E-state index is 0.0458. The second-order valence-corrected chi connectivity index (χ2v) is 6.93. The average molecular weight is 400 g/mol. The second-order valence-electron chi connectivity index (χ2n) is 6.93. The molecule has 0 radical (unpaired) electrons. The number of piperidine rings is 1. The van der Waals surface area contributed by atoms with Gasteiger partial charge in [0.15, 0.2) is 6.61 Å². The lowest BCUT2D eigenvalue weighted by atomic mass is 9.96. The molecule has 154 valence electrons. The van der Waals surface area contributed by atoms with E-state index >= 15 is 0 Å². The van der Waals surface area contributed by atoms with E-state index in [0.29, 0.717) is 39.4 Å². The predicted octanol–water partition coefficient (Wildman–Crippen LogP) is 2.18. The van der Waals surface area contributed by atoms with Crippen molar-refractivity contribution in [1.82, 2.24) is 9.80 Å². The Bertz CT molecular complexity index is 687. The van der Waals surface area contributed by atoms with E-state index in [0.717, 1.165) is 25.0 Å². The number of hydrogen-bond donors (Lipinski definition) is 0. The van der Waals surface area contributed by atoms with Crippen LogP contribution in [0.4, 0.5) is 13.2 Å². The summed E-state index contributed by atoms with van der Waals surface area (Å²) in [5, 5.41) is 0. The van der Waals surface area contributed by atoms with Crippen molar-refractivity contribution in [3.8, 4) is 5.75 Å². The first kappa shape index (κ1) is 20.4. The molecule has 1 aromatic rings. The van der Waals surface area contributed by atoms with Gasteiger partial charge in [0.25, 0.3) is 5.91 Å². The third-order valence-electron chi connectivity index (χ3n) is 4.99. The Balaban J connectivity index is 1.50. The summed E-state index contributed by atoms with van der Waals surface area (Å²) in [6.45, 7) is 2.81. The molecule has 28 heavy (non-hydrogen) atoms. The normalized spacial score (nSPS) is 20.8. The third-order valence-corrected chi connectivity index (χ3v) is 4.99. The highest BCUT2D eigenvalue weighted by Crippen LogP contribution is 2.30. The van der Waals surface area contributed by atoms with E-state index in [1.54, 1.807) is 9.80 Å². The summed E-state index contributed by atoms with van der Waals surface area (Å²) in [5.74, 6) is -0.273. The number of morpholine rings is 1. The van der Waals surface area contributed by atoms with Crippen molar-refractivity contribution in [1.29, 1.82) is 0 Å². The number of halogens is 3. The Hall–Kier alpha value is -2.29. The molecule has 0 N–H and O–H groups in total. The summed E-state index contributed by atoms with van der Waals surface area (Å²) < 4.78 is 48.3. The molecule has 0 aromatic heterocycles. The SMILES string of the molecule is O=C(COc1ccc(C(F)(F)F)cc1)N1CCCC(C(=O)N2CCOCC2)C1. The zero-order chi connectivity index (χ0) is 20.1. The molecule has 0 saturated carbocycles. The van der Waals surface area contributed by atoms with Gasteiger partial charge in [-0.2, -0.15) is 13.2 Å². The van der Waals surface area contributed by atoms with Gasteiger partial charge in [-0.25, -0.2) is 0 Å². The molecule has 2 amide bonds. The van der Waals surface area contributed by atoms with Gasteiger partial charge in [0.1, 0.15) is 5.75 Å². The summed E-state index contributed by atoms with van der Waals surface area (Å²) in [6.07, 6.45) is -2.95. The number of carbonyl (C=O) groups is 2. The first-order chi connectivity index (χ1) is 13.3. The molecule has 0 bridgehead atoms. The minimum atomic E-state index is -4.41. The number of amides is 2. The number of hydrogen-bond acceptors (Lipinski definition) is 4. The molecule has 1 aromatic carbocycles. The summed E-state index contributed by atoms with van der Waals surface area (Å²) >= 11 is 0. The highest BCUT2D eigenvalue weighted by Gasteiger charge is 2.32. The number of rotatable bonds is 4. The number of ether oxygens (including phenoxy) is 2. The van der Waals surface area contributed by atoms with Gasteiger partial charge < -0.3 is 19.3 Å². The largest absolute Gasteiger partial charge is 0.484 e. The van der Waals surface area contributed by atoms with Gasteiger partial charge >= 0.3 is 6.18 Å². The minimum Gasteiger partial charge on any atom is -0.484 e. The molecule has 9 heteroatoms. The van der Waals surface area contributed by atoms with Gasteiger partial charge in [0.05, 0.1) is 24.7 Å². The van der Waals surface area contributed by atoms with Gasteiger partial charge in [-0.1, -0.05) is 0 Å². The van der Waals surface area contributed by atoms with Crippen LogP contribution in [-0.4, -0.2) is 67.6 Å². The lowest BCUT2D eigenvalue weighted by Crippen LogP contribution is -2.50. The van der Waals surface area contributed by atoms with Crippen LogP contribution in [0.3, 0.4) is 0 Å². The zero-order valence-corrected chi connectivity index (χ0v) is 15.4. The van der Waals surface area contributed by atoms with Crippen molar-refractivity contribution in [2.75, 3.05) is 46.0 Å². The van der Waals surface area contributed by atoms with Crippen LogP contribution < -0.4 is 4.74 Å². The molecule has 2 fully saturated rings. The number of nitrogens with zero attached hydrogens (tertiary/aromatic N) is 2. The van der Waals surface area contributed by atoms with Crippen LogP contribution in [0.5, 0.6) is 5.75 Å². The summed E-state index contributed by atoms with van der Waals surface area (Å²) in [4.78, 5) is 28.4. The average Bonchev–Trinajstić information content (AvgIpc) is 2.72. The summed E-state index contributed by atoms with van der Waals surface area (Å²) in [6, 6.07) is 4.21. The van der Waals surface area contributed by atoms with Crippen molar-refractivity contribution in [2.24, 2.45) is 5.92 Å². The standard InChI is InChI=1S/C19H23F3N2O4/c20-19(21,22)15-3-5-16(6-4-15)28-13-17(25)24-7-1-2-14(12-24)18(26)23-8-10-27-11-9-23/h3-6,14H,1-2,7-13H2. The van der Waals surface area contributed by atoms with Gasteiger partial charge in [-0.05, 0) is 37.1 Å². The first-order valence-corrected chi connectivity index (χ1v) is 9.29. The van der Waals surface area contributed by atoms with Crippen molar-refractivity contribution >= 4 is 11.8 Å². The Labute approximate surface area is 161 Å². The van der Waals surface area contributed by atoms with E-state index in [9.17, 15) is 22.8 Å². The van der Waals surface area contributed by atoms with E-state index in [1.165, 1.54) is 12.1 Å². The van der Waals surface area contributed by atoms with E-state index in [1.807, 2.05) is 0 Å². The third kappa shape index (κ3) is 5.15. The van der Waals surface area contributed by atoms with Crippen LogP contribution in [0.25, 0.3) is 0 Å².